The lowest BCUT2D eigenvalue weighted by atomic mass is 9.68. The van der Waals surface area contributed by atoms with E-state index in [0.29, 0.717) is 5.76 Å². The van der Waals surface area contributed by atoms with Crippen molar-refractivity contribution < 1.29 is 9.21 Å². The lowest BCUT2D eigenvalue weighted by Crippen LogP contribution is -2.52. The number of rotatable bonds is 2. The Bertz CT molecular complexity index is 458. The van der Waals surface area contributed by atoms with E-state index in [1.165, 1.54) is 19.3 Å². The fourth-order valence-corrected chi connectivity index (χ4v) is 4.27. The number of carbonyl (C=O) groups excluding carboxylic acids is 1. The van der Waals surface area contributed by atoms with Crippen molar-refractivity contribution in [3.8, 4) is 0 Å². The van der Waals surface area contributed by atoms with Gasteiger partial charge in [-0.25, -0.2) is 0 Å². The first-order chi connectivity index (χ1) is 8.43. The number of fused-ring (bicyclic) bond motifs is 2. The maximum absolute atomic E-state index is 12.2. The topological polar surface area (TPSA) is 42.2 Å². The highest BCUT2D eigenvalue weighted by atomic mass is 16.3. The molecule has 98 valence electrons. The normalized spacial score (nSPS) is 36.8. The molecular weight excluding hydrogens is 226 g/mol. The summed E-state index contributed by atoms with van der Waals surface area (Å²) in [5.74, 6) is 1.08. The summed E-state index contributed by atoms with van der Waals surface area (Å²) in [4.78, 5) is 12.2. The lowest BCUT2D eigenvalue weighted by molar-refractivity contribution is 0.0713. The van der Waals surface area contributed by atoms with Crippen molar-refractivity contribution in [1.29, 1.82) is 0 Å². The van der Waals surface area contributed by atoms with E-state index in [1.807, 2.05) is 0 Å². The minimum Gasteiger partial charge on any atom is -0.459 e. The number of carbonyl (C=O) groups is 1. The van der Waals surface area contributed by atoms with Gasteiger partial charge >= 0.3 is 0 Å². The van der Waals surface area contributed by atoms with Gasteiger partial charge in [0.25, 0.3) is 5.91 Å². The molecular formula is C15H21NO2. The molecule has 2 fully saturated rings. The summed E-state index contributed by atoms with van der Waals surface area (Å²) in [6.45, 7) is 6.89. The van der Waals surface area contributed by atoms with Gasteiger partial charge in [0.2, 0.25) is 0 Å². The Hall–Kier alpha value is -1.25. The summed E-state index contributed by atoms with van der Waals surface area (Å²) in [6.07, 6.45) is 5.31. The number of nitrogens with one attached hydrogen (secondary N) is 1. The molecule has 0 saturated heterocycles. The quantitative estimate of drug-likeness (QED) is 0.871. The van der Waals surface area contributed by atoms with E-state index >= 15 is 0 Å². The molecule has 2 aliphatic rings. The van der Waals surface area contributed by atoms with E-state index in [0.717, 1.165) is 5.92 Å². The molecule has 3 rings (SSSR count). The molecule has 3 atom stereocenters. The Balaban J connectivity index is 1.82. The van der Waals surface area contributed by atoms with Crippen molar-refractivity contribution in [2.75, 3.05) is 0 Å². The second-order valence-corrected chi connectivity index (χ2v) is 6.80. The molecule has 1 N–H and O–H groups in total. The maximum Gasteiger partial charge on any atom is 0.287 e. The first-order valence-electron chi connectivity index (χ1n) is 6.78. The van der Waals surface area contributed by atoms with E-state index in [9.17, 15) is 4.79 Å². The Morgan fingerprint density at radius 3 is 2.78 bits per heavy atom. The van der Waals surface area contributed by atoms with E-state index in [4.69, 9.17) is 4.42 Å². The van der Waals surface area contributed by atoms with Crippen LogP contribution in [-0.4, -0.2) is 11.9 Å². The lowest BCUT2D eigenvalue weighted by Gasteiger charge is -2.42. The van der Waals surface area contributed by atoms with Gasteiger partial charge in [0.15, 0.2) is 5.76 Å². The van der Waals surface area contributed by atoms with Crippen molar-refractivity contribution in [3.63, 3.8) is 0 Å². The summed E-state index contributed by atoms with van der Waals surface area (Å²) < 4.78 is 5.17. The van der Waals surface area contributed by atoms with Gasteiger partial charge in [-0.15, -0.1) is 0 Å². The number of hydrogen-bond acceptors (Lipinski definition) is 2. The molecule has 2 bridgehead atoms. The van der Waals surface area contributed by atoms with Crippen molar-refractivity contribution in [2.45, 2.75) is 46.1 Å². The van der Waals surface area contributed by atoms with Crippen LogP contribution in [0.4, 0.5) is 0 Å². The summed E-state index contributed by atoms with van der Waals surface area (Å²) >= 11 is 0. The van der Waals surface area contributed by atoms with Crippen molar-refractivity contribution in [3.05, 3.63) is 24.2 Å². The third kappa shape index (κ3) is 1.53. The molecule has 0 spiro atoms. The molecule has 1 amide bonds. The molecule has 1 aromatic heterocycles. The van der Waals surface area contributed by atoms with Gasteiger partial charge in [-0.1, -0.05) is 20.8 Å². The molecule has 0 unspecified atom stereocenters. The predicted octanol–water partition coefficient (Wildman–Crippen LogP) is 3.22. The minimum absolute atomic E-state index is 0.0770. The fraction of sp³-hybridized carbons (Fsp3) is 0.667. The summed E-state index contributed by atoms with van der Waals surface area (Å²) in [5, 5.41) is 3.21. The number of furan rings is 1. The van der Waals surface area contributed by atoms with E-state index in [-0.39, 0.29) is 22.8 Å². The van der Waals surface area contributed by atoms with Gasteiger partial charge in [0.05, 0.1) is 6.26 Å². The molecule has 18 heavy (non-hydrogen) atoms. The zero-order valence-electron chi connectivity index (χ0n) is 11.3. The largest absolute Gasteiger partial charge is 0.459 e. The van der Waals surface area contributed by atoms with Crippen LogP contribution in [0.3, 0.4) is 0 Å². The molecule has 2 aliphatic carbocycles. The molecule has 0 aromatic carbocycles. The van der Waals surface area contributed by atoms with E-state index in [2.05, 4.69) is 26.1 Å². The van der Waals surface area contributed by atoms with Crippen LogP contribution in [0, 0.1) is 16.7 Å². The summed E-state index contributed by atoms with van der Waals surface area (Å²) in [7, 11) is 0. The van der Waals surface area contributed by atoms with Crippen LogP contribution in [-0.2, 0) is 0 Å². The van der Waals surface area contributed by atoms with Crippen LogP contribution in [0.15, 0.2) is 22.8 Å². The van der Waals surface area contributed by atoms with E-state index in [1.54, 1.807) is 18.4 Å². The monoisotopic (exact) mass is 247 g/mol. The highest BCUT2D eigenvalue weighted by molar-refractivity contribution is 5.91. The van der Waals surface area contributed by atoms with Gasteiger partial charge in [-0.05, 0) is 48.1 Å². The van der Waals surface area contributed by atoms with Gasteiger partial charge in [-0.2, -0.15) is 0 Å². The van der Waals surface area contributed by atoms with Crippen LogP contribution in [0.5, 0.6) is 0 Å². The number of amides is 1. The summed E-state index contributed by atoms with van der Waals surface area (Å²) in [5.41, 5.74) is 0.450. The Labute approximate surface area is 108 Å². The predicted molar refractivity (Wildman–Crippen MR) is 69.2 cm³/mol. The van der Waals surface area contributed by atoms with Crippen LogP contribution < -0.4 is 5.32 Å². The third-order valence-electron chi connectivity index (χ3n) is 5.29. The van der Waals surface area contributed by atoms with Crippen molar-refractivity contribution >= 4 is 5.91 Å². The summed E-state index contributed by atoms with van der Waals surface area (Å²) in [6, 6.07) is 3.72. The zero-order chi connectivity index (χ0) is 13.0. The average molecular weight is 247 g/mol. The van der Waals surface area contributed by atoms with E-state index < -0.39 is 0 Å². The Morgan fingerprint density at radius 1 is 1.44 bits per heavy atom. The standard InChI is InChI=1S/C15H21NO2/c1-14(2)10-6-7-15(3,9-10)13(14)16-12(17)11-5-4-8-18-11/h4-5,8,10,13H,6-7,9H2,1-3H3,(H,16,17)/t10-,13+,15-/m1/s1. The zero-order valence-corrected chi connectivity index (χ0v) is 11.3. The molecule has 0 aliphatic heterocycles. The molecule has 0 radical (unpaired) electrons. The SMILES string of the molecule is CC1(C)[C@@H]2CC[C@](C)(C2)[C@H]1NC(=O)c1ccco1. The van der Waals surface area contributed by atoms with Gasteiger partial charge in [-0.3, -0.25) is 4.79 Å². The second kappa shape index (κ2) is 3.62. The highest BCUT2D eigenvalue weighted by Gasteiger charge is 2.59. The average Bonchev–Trinajstić information content (AvgIpc) is 2.96. The van der Waals surface area contributed by atoms with Gasteiger partial charge in [0, 0.05) is 6.04 Å². The van der Waals surface area contributed by atoms with Gasteiger partial charge in [0.1, 0.15) is 0 Å². The Kier molecular flexibility index (Phi) is 2.38. The number of hydrogen-bond donors (Lipinski definition) is 1. The first-order valence-corrected chi connectivity index (χ1v) is 6.78. The fourth-order valence-electron chi connectivity index (χ4n) is 4.27. The highest BCUT2D eigenvalue weighted by Crippen LogP contribution is 2.62. The van der Waals surface area contributed by atoms with Crippen LogP contribution in [0.2, 0.25) is 0 Å². The van der Waals surface area contributed by atoms with Crippen LogP contribution in [0.25, 0.3) is 0 Å². The van der Waals surface area contributed by atoms with Crippen molar-refractivity contribution in [1.82, 2.24) is 5.32 Å². The molecule has 1 heterocycles. The third-order valence-corrected chi connectivity index (χ3v) is 5.29. The molecule has 2 saturated carbocycles. The first kappa shape index (κ1) is 11.8. The molecule has 1 aromatic rings. The Morgan fingerprint density at radius 2 is 2.22 bits per heavy atom. The minimum atomic E-state index is -0.0770. The molecule has 3 nitrogen and oxygen atoms in total. The van der Waals surface area contributed by atoms with Gasteiger partial charge < -0.3 is 9.73 Å². The van der Waals surface area contributed by atoms with Crippen LogP contribution >= 0.6 is 0 Å². The van der Waals surface area contributed by atoms with Crippen molar-refractivity contribution in [2.24, 2.45) is 16.7 Å². The maximum atomic E-state index is 12.2. The second-order valence-electron chi connectivity index (χ2n) is 6.80. The smallest absolute Gasteiger partial charge is 0.287 e. The molecule has 3 heteroatoms. The van der Waals surface area contributed by atoms with Crippen LogP contribution in [0.1, 0.15) is 50.6 Å².